The predicted octanol–water partition coefficient (Wildman–Crippen LogP) is 2.32. The number of carbonyl (C=O) groups is 1. The second kappa shape index (κ2) is 8.65. The molecule has 0 aromatic carbocycles. The molecule has 0 bridgehead atoms. The fourth-order valence-corrected chi connectivity index (χ4v) is 4.18. The zero-order valence-electron chi connectivity index (χ0n) is 16.5. The number of hydrogen-bond donors (Lipinski definition) is 0. The van der Waals surface area contributed by atoms with Crippen molar-refractivity contribution in [2.75, 3.05) is 19.3 Å². The fraction of sp³-hybridized carbons (Fsp3) is 0.529. The minimum Gasteiger partial charge on any atom is -0.375 e. The number of hydrogen-bond acceptors (Lipinski definition) is 8. The van der Waals surface area contributed by atoms with Gasteiger partial charge in [0.25, 0.3) is 5.56 Å². The van der Waals surface area contributed by atoms with Crippen molar-refractivity contribution in [3.05, 3.63) is 22.6 Å². The number of likely N-dealkylation sites (tertiary alicyclic amines) is 1. The van der Waals surface area contributed by atoms with Gasteiger partial charge in [0.05, 0.1) is 11.4 Å². The molecule has 1 aliphatic heterocycles. The Kier molecular flexibility index (Phi) is 6.51. The molecule has 9 nitrogen and oxygen atoms in total. The number of halogens is 3. The van der Waals surface area contributed by atoms with Crippen LogP contribution in [0.1, 0.15) is 32.2 Å². The van der Waals surface area contributed by atoms with Crippen LogP contribution in [-0.2, 0) is 14.9 Å². The van der Waals surface area contributed by atoms with E-state index in [2.05, 4.69) is 14.2 Å². The van der Waals surface area contributed by atoms with Gasteiger partial charge in [-0.3, -0.25) is 14.2 Å². The predicted molar refractivity (Wildman–Crippen MR) is 106 cm³/mol. The van der Waals surface area contributed by atoms with E-state index in [9.17, 15) is 31.2 Å². The second-order valence-corrected chi connectivity index (χ2v) is 9.09. The zero-order chi connectivity index (χ0) is 23.0. The summed E-state index contributed by atoms with van der Waals surface area (Å²) in [6, 6.07) is 0.186. The minimum atomic E-state index is -6.00. The summed E-state index contributed by atoms with van der Waals surface area (Å²) in [6.07, 6.45) is 4.22. The van der Waals surface area contributed by atoms with Crippen LogP contribution in [0.2, 0.25) is 0 Å². The smallest absolute Gasteiger partial charge is 0.375 e. The van der Waals surface area contributed by atoms with E-state index < -0.39 is 33.0 Å². The summed E-state index contributed by atoms with van der Waals surface area (Å²) in [5, 5.41) is 0.0675. The summed E-state index contributed by atoms with van der Waals surface area (Å²) in [5.41, 5.74) is -6.52. The molecule has 1 fully saturated rings. The summed E-state index contributed by atoms with van der Waals surface area (Å²) >= 11 is 1.14. The van der Waals surface area contributed by atoms with Crippen LogP contribution in [0.3, 0.4) is 0 Å². The standard InChI is InChI=1S/C17H19F3N4O5S2/c1-3-13(25)23-6-4-5-10(9-23)24-14(26)7-12(29-31(27,28)17(18,19)20)11-8-21-16(30-2)22-15(11)24/h7-8,10H,3-6,9H2,1-2H3/t10-/m1/s1. The number of rotatable bonds is 5. The van der Waals surface area contributed by atoms with Gasteiger partial charge in [0.2, 0.25) is 5.91 Å². The molecule has 0 radical (unpaired) electrons. The molecule has 1 atom stereocenters. The minimum absolute atomic E-state index is 0.0602. The number of piperidine rings is 1. The van der Waals surface area contributed by atoms with Gasteiger partial charge in [-0.05, 0) is 19.1 Å². The molecule has 3 heterocycles. The second-order valence-electron chi connectivity index (χ2n) is 6.78. The molecule has 1 amide bonds. The van der Waals surface area contributed by atoms with Gasteiger partial charge in [-0.15, -0.1) is 0 Å². The number of pyridine rings is 1. The van der Waals surface area contributed by atoms with Crippen LogP contribution in [0, 0.1) is 0 Å². The average Bonchev–Trinajstić information content (AvgIpc) is 2.71. The zero-order valence-corrected chi connectivity index (χ0v) is 18.2. The third-order valence-electron chi connectivity index (χ3n) is 4.81. The lowest BCUT2D eigenvalue weighted by Gasteiger charge is -2.34. The van der Waals surface area contributed by atoms with Gasteiger partial charge in [0.15, 0.2) is 16.6 Å². The van der Waals surface area contributed by atoms with Crippen molar-refractivity contribution in [1.82, 2.24) is 19.4 Å². The van der Waals surface area contributed by atoms with Crippen LogP contribution in [0.4, 0.5) is 13.2 Å². The van der Waals surface area contributed by atoms with Gasteiger partial charge < -0.3 is 9.08 Å². The molecule has 170 valence electrons. The van der Waals surface area contributed by atoms with Crippen LogP contribution in [-0.4, -0.2) is 58.6 Å². The van der Waals surface area contributed by atoms with E-state index in [1.807, 2.05) is 0 Å². The first-order valence-corrected chi connectivity index (χ1v) is 11.9. The lowest BCUT2D eigenvalue weighted by Crippen LogP contribution is -2.42. The summed E-state index contributed by atoms with van der Waals surface area (Å²) < 4.78 is 66.9. The summed E-state index contributed by atoms with van der Waals surface area (Å²) in [6.45, 7) is 2.48. The summed E-state index contributed by atoms with van der Waals surface area (Å²) in [5.74, 6) is -0.892. The van der Waals surface area contributed by atoms with Crippen molar-refractivity contribution in [1.29, 1.82) is 0 Å². The molecule has 31 heavy (non-hydrogen) atoms. The van der Waals surface area contributed by atoms with Gasteiger partial charge in [0.1, 0.15) is 0 Å². The number of nitrogens with zero attached hydrogens (tertiary/aromatic N) is 4. The maximum Gasteiger partial charge on any atom is 0.534 e. The van der Waals surface area contributed by atoms with Crippen LogP contribution in [0.5, 0.6) is 5.75 Å². The van der Waals surface area contributed by atoms with Crippen molar-refractivity contribution in [3.63, 3.8) is 0 Å². The highest BCUT2D eigenvalue weighted by Crippen LogP contribution is 2.32. The number of carbonyl (C=O) groups excluding carboxylic acids is 1. The third kappa shape index (κ3) is 4.63. The Balaban J connectivity index is 2.16. The van der Waals surface area contributed by atoms with Crippen LogP contribution in [0.25, 0.3) is 11.0 Å². The number of alkyl halides is 3. The topological polar surface area (TPSA) is 111 Å². The Hall–Kier alpha value is -2.35. The highest BCUT2D eigenvalue weighted by Gasteiger charge is 2.49. The molecule has 0 unspecified atom stereocenters. The molecule has 1 aliphatic rings. The van der Waals surface area contributed by atoms with Gasteiger partial charge in [0, 0.05) is 31.8 Å². The van der Waals surface area contributed by atoms with Crippen LogP contribution < -0.4 is 9.74 Å². The molecule has 0 spiro atoms. The van der Waals surface area contributed by atoms with Gasteiger partial charge in [-0.2, -0.15) is 21.6 Å². The first kappa shape index (κ1) is 23.3. The number of thioether (sulfide) groups is 1. The first-order valence-electron chi connectivity index (χ1n) is 9.23. The van der Waals surface area contributed by atoms with Gasteiger partial charge in [-0.1, -0.05) is 18.7 Å². The van der Waals surface area contributed by atoms with E-state index >= 15 is 0 Å². The van der Waals surface area contributed by atoms with E-state index in [0.717, 1.165) is 18.0 Å². The van der Waals surface area contributed by atoms with E-state index in [1.54, 1.807) is 18.1 Å². The van der Waals surface area contributed by atoms with Crippen molar-refractivity contribution in [3.8, 4) is 5.75 Å². The lowest BCUT2D eigenvalue weighted by atomic mass is 10.0. The molecule has 0 saturated carbocycles. The molecule has 2 aromatic heterocycles. The largest absolute Gasteiger partial charge is 0.534 e. The summed E-state index contributed by atoms with van der Waals surface area (Å²) in [7, 11) is -6.00. The molecule has 2 aromatic rings. The number of fused-ring (bicyclic) bond motifs is 1. The normalized spacial score (nSPS) is 17.7. The molecule has 1 saturated heterocycles. The Bertz CT molecular complexity index is 1170. The van der Waals surface area contributed by atoms with E-state index in [4.69, 9.17) is 0 Å². The van der Waals surface area contributed by atoms with E-state index in [-0.39, 0.29) is 28.6 Å². The van der Waals surface area contributed by atoms with E-state index in [0.29, 0.717) is 31.9 Å². The maximum atomic E-state index is 12.9. The molecule has 0 aliphatic carbocycles. The maximum absolute atomic E-state index is 12.9. The molecular formula is C17H19F3N4O5S2. The van der Waals surface area contributed by atoms with Crippen LogP contribution >= 0.6 is 11.8 Å². The van der Waals surface area contributed by atoms with Crippen LogP contribution in [0.15, 0.2) is 22.2 Å². The average molecular weight is 480 g/mol. The van der Waals surface area contributed by atoms with Crippen molar-refractivity contribution >= 4 is 38.8 Å². The third-order valence-corrected chi connectivity index (χ3v) is 6.34. The molecular weight excluding hydrogens is 461 g/mol. The van der Waals surface area contributed by atoms with Crippen molar-refractivity contribution < 1.29 is 30.6 Å². The Morgan fingerprint density at radius 2 is 2.10 bits per heavy atom. The highest BCUT2D eigenvalue weighted by molar-refractivity contribution is 7.98. The quantitative estimate of drug-likeness (QED) is 0.277. The number of amides is 1. The number of aromatic nitrogens is 3. The Morgan fingerprint density at radius 1 is 1.39 bits per heavy atom. The highest BCUT2D eigenvalue weighted by atomic mass is 32.2. The molecule has 14 heteroatoms. The van der Waals surface area contributed by atoms with E-state index in [1.165, 1.54) is 4.57 Å². The Morgan fingerprint density at radius 3 is 2.71 bits per heavy atom. The first-order chi connectivity index (χ1) is 14.5. The Labute approximate surface area is 179 Å². The van der Waals surface area contributed by atoms with Crippen molar-refractivity contribution in [2.24, 2.45) is 0 Å². The molecule has 0 N–H and O–H groups in total. The monoisotopic (exact) mass is 480 g/mol. The van der Waals surface area contributed by atoms with Gasteiger partial charge in [-0.25, -0.2) is 9.97 Å². The lowest BCUT2D eigenvalue weighted by molar-refractivity contribution is -0.132. The molecule has 3 rings (SSSR count). The summed E-state index contributed by atoms with van der Waals surface area (Å²) in [4.78, 5) is 34.8. The fourth-order valence-electron chi connectivity index (χ4n) is 3.38. The van der Waals surface area contributed by atoms with Crippen molar-refractivity contribution in [2.45, 2.75) is 42.9 Å². The SMILES string of the molecule is CCC(=O)N1CCC[C@@H](n2c(=O)cc(OS(=O)(=O)C(F)(F)F)c3cnc(SC)nc32)C1. The van der Waals surface area contributed by atoms with Gasteiger partial charge >= 0.3 is 15.6 Å².